The van der Waals surface area contributed by atoms with Crippen LogP contribution in [0.3, 0.4) is 0 Å². The lowest BCUT2D eigenvalue weighted by Crippen LogP contribution is -2.18. The van der Waals surface area contributed by atoms with Gasteiger partial charge in [-0.25, -0.2) is 0 Å². The summed E-state index contributed by atoms with van der Waals surface area (Å²) in [7, 11) is 0. The van der Waals surface area contributed by atoms with Gasteiger partial charge >= 0.3 is 0 Å². The average molecular weight is 166 g/mol. The molecule has 0 saturated carbocycles. The molecule has 2 nitrogen and oxygen atoms in total. The maximum atomic E-state index is 8.96. The molecule has 2 heteroatoms. The number of rotatable bonds is 3. The summed E-state index contributed by atoms with van der Waals surface area (Å²) in [6, 6.07) is 2.44. The Morgan fingerprint density at radius 2 is 2.33 bits per heavy atom. The zero-order valence-electron chi connectivity index (χ0n) is 8.01. The van der Waals surface area contributed by atoms with Crippen LogP contribution in [0.15, 0.2) is 0 Å². The molecular formula is C10H18N2. The van der Waals surface area contributed by atoms with Crippen molar-refractivity contribution in [2.24, 2.45) is 17.8 Å². The number of nitrogens with one attached hydrogen (secondary N) is 1. The SMILES string of the molecule is CC(C)CC(C#N)C1CCNC1. The Morgan fingerprint density at radius 1 is 1.58 bits per heavy atom. The second kappa shape index (κ2) is 4.47. The minimum Gasteiger partial charge on any atom is -0.316 e. The van der Waals surface area contributed by atoms with E-state index in [1.165, 1.54) is 6.42 Å². The fraction of sp³-hybridized carbons (Fsp3) is 0.900. The Labute approximate surface area is 75.0 Å². The summed E-state index contributed by atoms with van der Waals surface area (Å²) in [5.41, 5.74) is 0. The van der Waals surface area contributed by atoms with E-state index in [2.05, 4.69) is 25.2 Å². The molecule has 1 fully saturated rings. The molecule has 1 rings (SSSR count). The van der Waals surface area contributed by atoms with Crippen molar-refractivity contribution in [2.45, 2.75) is 26.7 Å². The number of nitrogens with zero attached hydrogens (tertiary/aromatic N) is 1. The van der Waals surface area contributed by atoms with Gasteiger partial charge in [0.15, 0.2) is 0 Å². The predicted octanol–water partition coefficient (Wildman–Crippen LogP) is 1.78. The standard InChI is InChI=1S/C10H18N2/c1-8(2)5-10(6-11)9-3-4-12-7-9/h8-10,12H,3-5,7H2,1-2H3. The van der Waals surface area contributed by atoms with Gasteiger partial charge in [0.05, 0.1) is 12.0 Å². The lowest BCUT2D eigenvalue weighted by molar-refractivity contribution is 0.365. The highest BCUT2D eigenvalue weighted by atomic mass is 14.9. The van der Waals surface area contributed by atoms with Gasteiger partial charge in [0.1, 0.15) is 0 Å². The van der Waals surface area contributed by atoms with Gasteiger partial charge in [0.25, 0.3) is 0 Å². The normalized spacial score (nSPS) is 25.7. The van der Waals surface area contributed by atoms with Crippen molar-refractivity contribution < 1.29 is 0 Å². The summed E-state index contributed by atoms with van der Waals surface area (Å²) in [6.45, 7) is 6.52. The summed E-state index contributed by atoms with van der Waals surface area (Å²) < 4.78 is 0. The van der Waals surface area contributed by atoms with E-state index in [1.807, 2.05) is 0 Å². The van der Waals surface area contributed by atoms with Crippen LogP contribution in [0.2, 0.25) is 0 Å². The van der Waals surface area contributed by atoms with Crippen molar-refractivity contribution in [2.75, 3.05) is 13.1 Å². The van der Waals surface area contributed by atoms with Gasteiger partial charge in [0.2, 0.25) is 0 Å². The van der Waals surface area contributed by atoms with Gasteiger partial charge in [-0.1, -0.05) is 13.8 Å². The van der Waals surface area contributed by atoms with E-state index in [9.17, 15) is 0 Å². The van der Waals surface area contributed by atoms with E-state index in [4.69, 9.17) is 5.26 Å². The van der Waals surface area contributed by atoms with Gasteiger partial charge in [0, 0.05) is 0 Å². The van der Waals surface area contributed by atoms with E-state index in [0.29, 0.717) is 11.8 Å². The topological polar surface area (TPSA) is 35.8 Å². The predicted molar refractivity (Wildman–Crippen MR) is 49.5 cm³/mol. The zero-order chi connectivity index (χ0) is 8.97. The molecule has 0 amide bonds. The molecule has 0 bridgehead atoms. The second-order valence-electron chi connectivity index (χ2n) is 4.12. The van der Waals surface area contributed by atoms with E-state index in [0.717, 1.165) is 19.5 Å². The van der Waals surface area contributed by atoms with Gasteiger partial charge in [-0.05, 0) is 37.8 Å². The van der Waals surface area contributed by atoms with Crippen molar-refractivity contribution in [3.63, 3.8) is 0 Å². The molecular weight excluding hydrogens is 148 g/mol. The number of nitriles is 1. The van der Waals surface area contributed by atoms with Crippen molar-refractivity contribution in [1.29, 1.82) is 5.26 Å². The van der Waals surface area contributed by atoms with Crippen LogP contribution < -0.4 is 5.32 Å². The van der Waals surface area contributed by atoms with Crippen LogP contribution in [-0.4, -0.2) is 13.1 Å². The smallest absolute Gasteiger partial charge is 0.0659 e. The Bertz CT molecular complexity index is 163. The largest absolute Gasteiger partial charge is 0.316 e. The average Bonchev–Trinajstić information content (AvgIpc) is 2.51. The van der Waals surface area contributed by atoms with Crippen LogP contribution in [0.25, 0.3) is 0 Å². The minimum atomic E-state index is 0.278. The molecule has 0 aromatic rings. The van der Waals surface area contributed by atoms with Crippen LogP contribution in [0.1, 0.15) is 26.7 Å². The molecule has 0 spiro atoms. The van der Waals surface area contributed by atoms with Crippen LogP contribution in [0, 0.1) is 29.1 Å². The zero-order valence-corrected chi connectivity index (χ0v) is 8.01. The van der Waals surface area contributed by atoms with Crippen LogP contribution in [0.5, 0.6) is 0 Å². The van der Waals surface area contributed by atoms with Gasteiger partial charge in [-0.2, -0.15) is 5.26 Å². The molecule has 1 aliphatic rings. The molecule has 0 aromatic heterocycles. The van der Waals surface area contributed by atoms with Crippen LogP contribution in [-0.2, 0) is 0 Å². The quantitative estimate of drug-likeness (QED) is 0.693. The highest BCUT2D eigenvalue weighted by Crippen LogP contribution is 2.24. The highest BCUT2D eigenvalue weighted by molar-refractivity contribution is 4.91. The van der Waals surface area contributed by atoms with Crippen molar-refractivity contribution in [3.8, 4) is 6.07 Å². The van der Waals surface area contributed by atoms with Gasteiger partial charge in [-0.3, -0.25) is 0 Å². The maximum absolute atomic E-state index is 8.96. The lowest BCUT2D eigenvalue weighted by Gasteiger charge is -2.17. The van der Waals surface area contributed by atoms with E-state index >= 15 is 0 Å². The third-order valence-electron chi connectivity index (χ3n) is 2.56. The molecule has 2 unspecified atom stereocenters. The first-order chi connectivity index (χ1) is 5.74. The molecule has 1 aliphatic heterocycles. The maximum Gasteiger partial charge on any atom is 0.0659 e. The third-order valence-corrected chi connectivity index (χ3v) is 2.56. The molecule has 1 saturated heterocycles. The Balaban J connectivity index is 2.39. The molecule has 2 atom stereocenters. The Kier molecular flexibility index (Phi) is 3.55. The molecule has 68 valence electrons. The molecule has 0 radical (unpaired) electrons. The first-order valence-corrected chi connectivity index (χ1v) is 4.84. The molecule has 12 heavy (non-hydrogen) atoms. The number of hydrogen-bond donors (Lipinski definition) is 1. The van der Waals surface area contributed by atoms with E-state index < -0.39 is 0 Å². The van der Waals surface area contributed by atoms with Crippen LogP contribution in [0.4, 0.5) is 0 Å². The summed E-state index contributed by atoms with van der Waals surface area (Å²) in [6.07, 6.45) is 2.24. The van der Waals surface area contributed by atoms with Gasteiger partial charge < -0.3 is 5.32 Å². The third kappa shape index (κ3) is 2.49. The summed E-state index contributed by atoms with van der Waals surface area (Å²) in [5.74, 6) is 1.53. The fourth-order valence-electron chi connectivity index (χ4n) is 1.88. The Hall–Kier alpha value is -0.550. The van der Waals surface area contributed by atoms with Crippen LogP contribution >= 0.6 is 0 Å². The second-order valence-corrected chi connectivity index (χ2v) is 4.12. The van der Waals surface area contributed by atoms with E-state index in [1.54, 1.807) is 0 Å². The molecule has 1 heterocycles. The lowest BCUT2D eigenvalue weighted by atomic mass is 9.86. The van der Waals surface area contributed by atoms with E-state index in [-0.39, 0.29) is 5.92 Å². The van der Waals surface area contributed by atoms with Crippen molar-refractivity contribution >= 4 is 0 Å². The summed E-state index contributed by atoms with van der Waals surface area (Å²) >= 11 is 0. The highest BCUT2D eigenvalue weighted by Gasteiger charge is 2.24. The first-order valence-electron chi connectivity index (χ1n) is 4.84. The monoisotopic (exact) mass is 166 g/mol. The molecule has 0 aliphatic carbocycles. The fourth-order valence-corrected chi connectivity index (χ4v) is 1.88. The van der Waals surface area contributed by atoms with Gasteiger partial charge in [-0.15, -0.1) is 0 Å². The number of hydrogen-bond acceptors (Lipinski definition) is 2. The summed E-state index contributed by atoms with van der Waals surface area (Å²) in [5, 5.41) is 12.3. The minimum absolute atomic E-state index is 0.278. The molecule has 0 aromatic carbocycles. The van der Waals surface area contributed by atoms with Crippen molar-refractivity contribution in [1.82, 2.24) is 5.32 Å². The van der Waals surface area contributed by atoms with Crippen molar-refractivity contribution in [3.05, 3.63) is 0 Å². The Morgan fingerprint density at radius 3 is 2.75 bits per heavy atom. The molecule has 1 N–H and O–H groups in total. The first kappa shape index (κ1) is 9.54. The summed E-state index contributed by atoms with van der Waals surface area (Å²) in [4.78, 5) is 0.